The summed E-state index contributed by atoms with van der Waals surface area (Å²) in [6.07, 6.45) is 1.43. The number of sulfonamides is 1. The van der Waals surface area contributed by atoms with Gasteiger partial charge in [0, 0.05) is 27.5 Å². The maximum absolute atomic E-state index is 12.6. The van der Waals surface area contributed by atoms with Gasteiger partial charge in [0.2, 0.25) is 5.88 Å². The van der Waals surface area contributed by atoms with E-state index in [0.29, 0.717) is 28.2 Å². The number of aromatic nitrogens is 2. The molecule has 0 saturated heterocycles. The third-order valence-electron chi connectivity index (χ3n) is 2.96. The van der Waals surface area contributed by atoms with Crippen LogP contribution in [0.1, 0.15) is 6.92 Å². The van der Waals surface area contributed by atoms with Crippen LogP contribution in [0, 0.1) is 0 Å². The van der Waals surface area contributed by atoms with Crippen LogP contribution in [0.3, 0.4) is 0 Å². The minimum absolute atomic E-state index is 0.146. The zero-order valence-corrected chi connectivity index (χ0v) is 13.8. The molecule has 0 bridgehead atoms. The number of hydrogen-bond donors (Lipinski definition) is 2. The molecule has 0 aliphatic carbocycles. The van der Waals surface area contributed by atoms with Crippen LogP contribution in [0.2, 0.25) is 5.02 Å². The van der Waals surface area contributed by atoms with Gasteiger partial charge in [-0.1, -0.05) is 11.6 Å². The molecule has 116 valence electrons. The zero-order valence-electron chi connectivity index (χ0n) is 11.5. The number of fused-ring (bicyclic) bond motifs is 1. The van der Waals surface area contributed by atoms with Crippen LogP contribution in [-0.4, -0.2) is 24.4 Å². The Morgan fingerprint density at radius 3 is 3.05 bits per heavy atom. The number of nitrogens with one attached hydrogen (secondary N) is 2. The fraction of sp³-hybridized carbons (Fsp3) is 0.154. The van der Waals surface area contributed by atoms with E-state index in [2.05, 4.69) is 14.1 Å². The first-order valence-electron chi connectivity index (χ1n) is 6.38. The Morgan fingerprint density at radius 1 is 1.45 bits per heavy atom. The number of nitrogens with zero attached hydrogens (tertiary/aromatic N) is 1. The van der Waals surface area contributed by atoms with Crippen LogP contribution in [0.15, 0.2) is 34.7 Å². The second kappa shape index (κ2) is 5.79. The van der Waals surface area contributed by atoms with Crippen LogP contribution in [0.5, 0.6) is 5.88 Å². The number of H-pyrrole nitrogens is 1. The maximum atomic E-state index is 12.6. The van der Waals surface area contributed by atoms with Crippen molar-refractivity contribution in [3.8, 4) is 5.88 Å². The number of ether oxygens (including phenoxy) is 1. The summed E-state index contributed by atoms with van der Waals surface area (Å²) in [5.74, 6) is 0.277. The SMILES string of the molecule is CCOc1nscc1NS(=O)(=O)c1c[nH]c2cc(Cl)ccc12. The lowest BCUT2D eigenvalue weighted by Gasteiger charge is -2.07. The minimum atomic E-state index is -3.76. The van der Waals surface area contributed by atoms with Crippen molar-refractivity contribution in [3.63, 3.8) is 0 Å². The molecule has 6 nitrogen and oxygen atoms in total. The fourth-order valence-corrected chi connectivity index (χ4v) is 4.07. The summed E-state index contributed by atoms with van der Waals surface area (Å²) < 4.78 is 37.0. The van der Waals surface area contributed by atoms with Crippen molar-refractivity contribution < 1.29 is 13.2 Å². The van der Waals surface area contributed by atoms with E-state index in [1.165, 1.54) is 6.20 Å². The van der Waals surface area contributed by atoms with Crippen molar-refractivity contribution >= 4 is 49.7 Å². The second-order valence-corrected chi connectivity index (χ2v) is 7.13. The van der Waals surface area contributed by atoms with Gasteiger partial charge in [-0.25, -0.2) is 8.42 Å². The molecular weight excluding hydrogens is 346 g/mol. The average Bonchev–Trinajstić information content (AvgIpc) is 3.06. The second-order valence-electron chi connectivity index (χ2n) is 4.41. The molecule has 0 aliphatic rings. The van der Waals surface area contributed by atoms with Crippen molar-refractivity contribution in [2.45, 2.75) is 11.8 Å². The highest BCUT2D eigenvalue weighted by Gasteiger charge is 2.21. The van der Waals surface area contributed by atoms with Gasteiger partial charge in [0.1, 0.15) is 10.6 Å². The van der Waals surface area contributed by atoms with Crippen LogP contribution < -0.4 is 9.46 Å². The lowest BCUT2D eigenvalue weighted by atomic mass is 10.2. The van der Waals surface area contributed by atoms with Gasteiger partial charge in [-0.2, -0.15) is 4.37 Å². The predicted octanol–water partition coefficient (Wildman–Crippen LogP) is 3.48. The van der Waals surface area contributed by atoms with E-state index in [4.69, 9.17) is 16.3 Å². The fourth-order valence-electron chi connectivity index (χ4n) is 2.03. The van der Waals surface area contributed by atoms with Crippen molar-refractivity contribution in [2.24, 2.45) is 0 Å². The summed E-state index contributed by atoms with van der Waals surface area (Å²) >= 11 is 7.03. The molecule has 0 amide bonds. The summed E-state index contributed by atoms with van der Waals surface area (Å²) in [5.41, 5.74) is 0.983. The van der Waals surface area contributed by atoms with Gasteiger partial charge in [-0.3, -0.25) is 4.72 Å². The van der Waals surface area contributed by atoms with Crippen molar-refractivity contribution in [1.29, 1.82) is 0 Å². The summed E-state index contributed by atoms with van der Waals surface area (Å²) in [6, 6.07) is 4.99. The number of hydrogen-bond acceptors (Lipinski definition) is 5. The molecule has 9 heteroatoms. The Hall–Kier alpha value is -1.77. The number of aromatic amines is 1. The van der Waals surface area contributed by atoms with Gasteiger partial charge in [0.05, 0.1) is 6.61 Å². The minimum Gasteiger partial charge on any atom is -0.476 e. The molecule has 0 atom stereocenters. The Kier molecular flexibility index (Phi) is 3.98. The number of benzene rings is 1. The summed E-state index contributed by atoms with van der Waals surface area (Å²) in [4.78, 5) is 3.05. The molecule has 1 aromatic carbocycles. The molecule has 0 saturated carbocycles. The summed E-state index contributed by atoms with van der Waals surface area (Å²) in [7, 11) is -3.76. The molecule has 2 N–H and O–H groups in total. The normalized spacial score (nSPS) is 11.7. The van der Waals surface area contributed by atoms with Gasteiger partial charge >= 0.3 is 0 Å². The lowest BCUT2D eigenvalue weighted by molar-refractivity contribution is 0.332. The van der Waals surface area contributed by atoms with E-state index in [1.807, 2.05) is 0 Å². The first-order valence-corrected chi connectivity index (χ1v) is 9.07. The van der Waals surface area contributed by atoms with E-state index in [1.54, 1.807) is 30.5 Å². The first kappa shape index (κ1) is 15.1. The molecule has 0 aliphatic heterocycles. The van der Waals surface area contributed by atoms with Gasteiger partial charge in [0.25, 0.3) is 10.0 Å². The van der Waals surface area contributed by atoms with Crippen LogP contribution >= 0.6 is 23.1 Å². The van der Waals surface area contributed by atoms with Gasteiger partial charge in [-0.05, 0) is 36.7 Å². The third-order valence-corrected chi connectivity index (χ3v) is 5.21. The van der Waals surface area contributed by atoms with Crippen molar-refractivity contribution in [1.82, 2.24) is 9.36 Å². The van der Waals surface area contributed by atoms with Crippen molar-refractivity contribution in [3.05, 3.63) is 34.8 Å². The standard InChI is InChI=1S/C13H12ClN3O3S2/c1-2-20-13-11(7-21-16-13)17-22(18,19)12-6-15-10-5-8(14)3-4-9(10)12/h3-7,15,17H,2H2,1H3. The highest BCUT2D eigenvalue weighted by Crippen LogP contribution is 2.30. The molecule has 2 aromatic heterocycles. The Labute approximate surface area is 136 Å². The van der Waals surface area contributed by atoms with Gasteiger partial charge in [-0.15, -0.1) is 0 Å². The van der Waals surface area contributed by atoms with Gasteiger partial charge < -0.3 is 9.72 Å². The molecule has 0 spiro atoms. The topological polar surface area (TPSA) is 84.1 Å². The monoisotopic (exact) mass is 357 g/mol. The third kappa shape index (κ3) is 2.77. The van der Waals surface area contributed by atoms with Crippen LogP contribution in [0.4, 0.5) is 5.69 Å². The number of anilines is 1. The van der Waals surface area contributed by atoms with E-state index in [0.717, 1.165) is 11.5 Å². The summed E-state index contributed by atoms with van der Waals surface area (Å²) in [5, 5.41) is 2.69. The Morgan fingerprint density at radius 2 is 2.27 bits per heavy atom. The lowest BCUT2D eigenvalue weighted by Crippen LogP contribution is -2.13. The van der Waals surface area contributed by atoms with E-state index < -0.39 is 10.0 Å². The molecular formula is C13H12ClN3O3S2. The molecule has 0 radical (unpaired) electrons. The molecule has 3 rings (SSSR count). The van der Waals surface area contributed by atoms with E-state index >= 15 is 0 Å². The highest BCUT2D eigenvalue weighted by molar-refractivity contribution is 7.93. The van der Waals surface area contributed by atoms with Gasteiger partial charge in [0.15, 0.2) is 0 Å². The zero-order chi connectivity index (χ0) is 15.7. The molecule has 2 heterocycles. The highest BCUT2D eigenvalue weighted by atomic mass is 35.5. The largest absolute Gasteiger partial charge is 0.476 e. The predicted molar refractivity (Wildman–Crippen MR) is 87.4 cm³/mol. The molecule has 0 fully saturated rings. The first-order chi connectivity index (χ1) is 10.5. The number of halogens is 1. The quantitative estimate of drug-likeness (QED) is 0.732. The molecule has 22 heavy (non-hydrogen) atoms. The molecule has 0 unspecified atom stereocenters. The van der Waals surface area contributed by atoms with E-state index in [-0.39, 0.29) is 10.8 Å². The average molecular weight is 358 g/mol. The maximum Gasteiger partial charge on any atom is 0.264 e. The van der Waals surface area contributed by atoms with Crippen molar-refractivity contribution in [2.75, 3.05) is 11.3 Å². The smallest absolute Gasteiger partial charge is 0.264 e. The van der Waals surface area contributed by atoms with Crippen LogP contribution in [-0.2, 0) is 10.0 Å². The Bertz CT molecular complexity index is 918. The molecule has 3 aromatic rings. The van der Waals surface area contributed by atoms with E-state index in [9.17, 15) is 8.42 Å². The number of rotatable bonds is 5. The summed E-state index contributed by atoms with van der Waals surface area (Å²) in [6.45, 7) is 2.21. The Balaban J connectivity index is 1.99. The van der Waals surface area contributed by atoms with Crippen LogP contribution in [0.25, 0.3) is 10.9 Å².